The van der Waals surface area contributed by atoms with Crippen LogP contribution in [-0.4, -0.2) is 74.8 Å². The number of likely N-dealkylation sites (N-methyl/N-ethyl adjacent to an activating group) is 2. The van der Waals surface area contributed by atoms with Gasteiger partial charge in [-0.05, 0) is 84.6 Å². The highest BCUT2D eigenvalue weighted by Gasteiger charge is 2.34. The number of alkyl halides is 2. The van der Waals surface area contributed by atoms with Crippen molar-refractivity contribution in [3.8, 4) is 0 Å². The Labute approximate surface area is 216 Å². The van der Waals surface area contributed by atoms with Crippen LogP contribution in [0.2, 0.25) is 0 Å². The fourth-order valence-corrected chi connectivity index (χ4v) is 5.87. The number of hydrogen-bond donors (Lipinski definition) is 0. The van der Waals surface area contributed by atoms with Crippen LogP contribution in [0.4, 0.5) is 8.78 Å². The van der Waals surface area contributed by atoms with E-state index in [4.69, 9.17) is 0 Å². The second-order valence-corrected chi connectivity index (χ2v) is 10.4. The fraction of sp³-hybridized carbons (Fsp3) is 0.533. The van der Waals surface area contributed by atoms with Crippen LogP contribution in [0.3, 0.4) is 0 Å². The zero-order valence-corrected chi connectivity index (χ0v) is 20.6. The molecular weight excluding hydrogens is 454 g/mol. The molecule has 4 aliphatic rings. The molecule has 0 bridgehead atoms. The minimum Gasteiger partial charge on any atom is -0.303 e. The third-order valence-corrected chi connectivity index (χ3v) is 7.70. The van der Waals surface area contributed by atoms with Gasteiger partial charge in [-0.25, -0.2) is 8.78 Å². The van der Waals surface area contributed by atoms with Crippen molar-refractivity contribution in [1.82, 2.24) is 9.80 Å². The molecule has 6 heteroatoms. The largest absolute Gasteiger partial charge is 0.303 e. The highest BCUT2D eigenvalue weighted by Crippen LogP contribution is 2.34. The molecule has 2 fully saturated rings. The van der Waals surface area contributed by atoms with E-state index < -0.39 is 12.3 Å². The standard InChI is InChI=1S/2C14H17FN2.2CH4/c2*1-9-3-10-5-16-6-11(10)4-12(9)13-7-17(2)8-14(13)15;;/h2*3-5,13-14H,6-8H2,1-2H3;2*1H4. The second kappa shape index (κ2) is 11.3. The van der Waals surface area contributed by atoms with Gasteiger partial charge in [0.15, 0.2) is 0 Å². The molecule has 4 atom stereocenters. The molecule has 4 heterocycles. The predicted molar refractivity (Wildman–Crippen MR) is 149 cm³/mol. The first kappa shape index (κ1) is 28.1. The van der Waals surface area contributed by atoms with Crippen LogP contribution in [0, 0.1) is 13.8 Å². The summed E-state index contributed by atoms with van der Waals surface area (Å²) in [6.45, 7) is 8.41. The highest BCUT2D eigenvalue weighted by molar-refractivity contribution is 5.85. The summed E-state index contributed by atoms with van der Waals surface area (Å²) in [6, 6.07) is 8.61. The van der Waals surface area contributed by atoms with E-state index in [0.717, 1.165) is 26.2 Å². The molecule has 0 radical (unpaired) electrons. The number of likely N-dealkylation sites (tertiary alicyclic amines) is 2. The van der Waals surface area contributed by atoms with Gasteiger partial charge in [0.2, 0.25) is 0 Å². The average Bonchev–Trinajstić information content (AvgIpc) is 3.55. The summed E-state index contributed by atoms with van der Waals surface area (Å²) in [6.07, 6.45) is 2.36. The topological polar surface area (TPSA) is 31.2 Å². The zero-order valence-electron chi connectivity index (χ0n) is 20.6. The molecule has 36 heavy (non-hydrogen) atoms. The van der Waals surface area contributed by atoms with E-state index in [1.165, 1.54) is 44.5 Å². The van der Waals surface area contributed by atoms with E-state index >= 15 is 0 Å². The second-order valence-electron chi connectivity index (χ2n) is 10.4. The minimum atomic E-state index is -0.737. The summed E-state index contributed by atoms with van der Waals surface area (Å²) in [5.41, 5.74) is 9.62. The van der Waals surface area contributed by atoms with Gasteiger partial charge in [0.1, 0.15) is 12.3 Å². The third-order valence-electron chi connectivity index (χ3n) is 7.70. The molecular formula is C30H42F2N4. The molecule has 2 aromatic carbocycles. The molecule has 4 nitrogen and oxygen atoms in total. The van der Waals surface area contributed by atoms with Crippen molar-refractivity contribution in [1.29, 1.82) is 0 Å². The van der Waals surface area contributed by atoms with E-state index in [-0.39, 0.29) is 26.7 Å². The summed E-state index contributed by atoms with van der Waals surface area (Å²) >= 11 is 0. The Hall–Kier alpha value is -2.44. The molecule has 196 valence electrons. The molecule has 2 aromatic rings. The summed E-state index contributed by atoms with van der Waals surface area (Å²) in [4.78, 5) is 12.7. The molecule has 0 aliphatic carbocycles. The predicted octanol–water partition coefficient (Wildman–Crippen LogP) is 5.86. The van der Waals surface area contributed by atoms with Gasteiger partial charge in [-0.3, -0.25) is 9.98 Å². The van der Waals surface area contributed by atoms with Gasteiger partial charge >= 0.3 is 0 Å². The van der Waals surface area contributed by atoms with Crippen molar-refractivity contribution in [2.75, 3.05) is 40.3 Å². The van der Waals surface area contributed by atoms with Crippen LogP contribution < -0.4 is 0 Å². The van der Waals surface area contributed by atoms with Crippen molar-refractivity contribution in [2.45, 2.75) is 66.0 Å². The van der Waals surface area contributed by atoms with Gasteiger partial charge < -0.3 is 9.80 Å². The first-order valence-corrected chi connectivity index (χ1v) is 12.2. The maximum Gasteiger partial charge on any atom is 0.121 e. The lowest BCUT2D eigenvalue weighted by atomic mass is 9.90. The molecule has 6 rings (SSSR count). The monoisotopic (exact) mass is 496 g/mol. The molecule has 0 N–H and O–H groups in total. The van der Waals surface area contributed by atoms with Gasteiger partial charge in [-0.2, -0.15) is 0 Å². The van der Waals surface area contributed by atoms with Gasteiger partial charge in [-0.1, -0.05) is 27.0 Å². The van der Waals surface area contributed by atoms with Crippen molar-refractivity contribution in [3.05, 3.63) is 68.8 Å². The average molecular weight is 497 g/mol. The fourth-order valence-electron chi connectivity index (χ4n) is 5.87. The summed E-state index contributed by atoms with van der Waals surface area (Å²) in [5.74, 6) is 0.0665. The van der Waals surface area contributed by atoms with Crippen molar-refractivity contribution in [3.63, 3.8) is 0 Å². The van der Waals surface area contributed by atoms with E-state index in [0.29, 0.717) is 13.1 Å². The molecule has 4 unspecified atom stereocenters. The number of benzene rings is 2. The molecule has 0 spiro atoms. The van der Waals surface area contributed by atoms with Gasteiger partial charge in [-0.15, -0.1) is 0 Å². The molecule has 2 saturated heterocycles. The van der Waals surface area contributed by atoms with E-state index in [1.807, 2.05) is 26.5 Å². The van der Waals surface area contributed by atoms with Gasteiger partial charge in [0.05, 0.1) is 13.1 Å². The summed E-state index contributed by atoms with van der Waals surface area (Å²) < 4.78 is 28.0. The Morgan fingerprint density at radius 3 is 1.39 bits per heavy atom. The first-order chi connectivity index (χ1) is 16.3. The number of aryl methyl sites for hydroxylation is 2. The quantitative estimate of drug-likeness (QED) is 0.521. The molecule has 4 aliphatic heterocycles. The summed E-state index contributed by atoms with van der Waals surface area (Å²) in [5, 5.41) is 0. The number of nitrogens with zero attached hydrogens (tertiary/aromatic N) is 4. The minimum absolute atomic E-state index is 0. The molecule has 0 aromatic heterocycles. The maximum atomic E-state index is 14.0. The Kier molecular flexibility index (Phi) is 8.84. The lowest BCUT2D eigenvalue weighted by Gasteiger charge is -2.17. The van der Waals surface area contributed by atoms with Crippen molar-refractivity contribution >= 4 is 12.4 Å². The SMILES string of the molecule is C.C.Cc1cc2c(cc1C1CN(C)CC1F)CN=C2.Cc1cc2c(cc1C1CN(C)CC1F)CN=C2. The van der Waals surface area contributed by atoms with E-state index in [1.54, 1.807) is 0 Å². The number of rotatable bonds is 2. The Morgan fingerprint density at radius 2 is 1.06 bits per heavy atom. The number of halogens is 2. The normalized spacial score (nSPS) is 26.2. The Morgan fingerprint density at radius 1 is 0.667 bits per heavy atom. The molecule has 0 saturated carbocycles. The first-order valence-electron chi connectivity index (χ1n) is 12.2. The van der Waals surface area contributed by atoms with E-state index in [9.17, 15) is 8.78 Å². The zero-order chi connectivity index (χ0) is 24.0. The van der Waals surface area contributed by atoms with Crippen LogP contribution in [0.25, 0.3) is 0 Å². The molecule has 0 amide bonds. The van der Waals surface area contributed by atoms with Gasteiger partial charge in [0.25, 0.3) is 0 Å². The summed E-state index contributed by atoms with van der Waals surface area (Å²) in [7, 11) is 3.97. The highest BCUT2D eigenvalue weighted by atomic mass is 19.1. The smallest absolute Gasteiger partial charge is 0.121 e. The number of aliphatic imine (C=N–C) groups is 2. The lowest BCUT2D eigenvalue weighted by Crippen LogP contribution is -2.14. The van der Waals surface area contributed by atoms with Gasteiger partial charge in [0, 0.05) is 50.4 Å². The van der Waals surface area contributed by atoms with Crippen molar-refractivity contribution < 1.29 is 8.78 Å². The van der Waals surface area contributed by atoms with Crippen LogP contribution in [0.5, 0.6) is 0 Å². The maximum absolute atomic E-state index is 14.0. The van der Waals surface area contributed by atoms with Crippen molar-refractivity contribution in [2.24, 2.45) is 9.98 Å². The third kappa shape index (κ3) is 5.45. The van der Waals surface area contributed by atoms with Crippen LogP contribution in [0.1, 0.15) is 71.2 Å². The lowest BCUT2D eigenvalue weighted by molar-refractivity contribution is 0.308. The number of fused-ring (bicyclic) bond motifs is 2. The van der Waals surface area contributed by atoms with E-state index in [2.05, 4.69) is 57.9 Å². The Bertz CT molecular complexity index is 1050. The Balaban J connectivity index is 0.000000190. The van der Waals surface area contributed by atoms with Crippen LogP contribution in [-0.2, 0) is 13.1 Å². The number of hydrogen-bond acceptors (Lipinski definition) is 4. The van der Waals surface area contributed by atoms with Crippen LogP contribution >= 0.6 is 0 Å². The van der Waals surface area contributed by atoms with Crippen LogP contribution in [0.15, 0.2) is 34.3 Å².